The van der Waals surface area contributed by atoms with Crippen molar-refractivity contribution in [3.63, 3.8) is 0 Å². The number of amides is 1. The molecule has 0 radical (unpaired) electrons. The maximum Gasteiger partial charge on any atom is 0.410 e. The van der Waals surface area contributed by atoms with Crippen LogP contribution in [0.25, 0.3) is 0 Å². The van der Waals surface area contributed by atoms with Gasteiger partial charge in [0.15, 0.2) is 0 Å². The van der Waals surface area contributed by atoms with Gasteiger partial charge in [-0.2, -0.15) is 0 Å². The number of likely N-dealkylation sites (tertiary alicyclic amines) is 1. The minimum atomic E-state index is -3.12. The minimum Gasteiger partial charge on any atom is -0.474 e. The average Bonchev–Trinajstić information content (AvgIpc) is 2.72. The molecule has 2 fully saturated rings. The Morgan fingerprint density at radius 1 is 1.09 bits per heavy atom. The summed E-state index contributed by atoms with van der Waals surface area (Å²) in [5.41, 5.74) is 1.01. The number of hydrogen-bond acceptors (Lipinski definition) is 7. The number of carbonyl (C=O) groups excluding carboxylic acids is 1. The highest BCUT2D eigenvalue weighted by Gasteiger charge is 2.28. The summed E-state index contributed by atoms with van der Waals surface area (Å²) in [6.07, 6.45) is 5.62. The molecule has 184 valence electrons. The lowest BCUT2D eigenvalue weighted by atomic mass is 10.0. The fraction of sp³-hybridized carbons (Fsp3) is 0.818. The van der Waals surface area contributed by atoms with Gasteiger partial charge in [-0.3, -0.25) is 0 Å². The normalized spacial score (nSPS) is 21.7. The highest BCUT2D eigenvalue weighted by atomic mass is 32.2. The molecule has 2 aliphatic heterocycles. The fourth-order valence-corrected chi connectivity index (χ4v) is 4.82. The van der Waals surface area contributed by atoms with E-state index in [0.717, 1.165) is 31.3 Å². The van der Waals surface area contributed by atoms with Crippen molar-refractivity contribution >= 4 is 22.3 Å². The van der Waals surface area contributed by atoms with E-state index in [0.29, 0.717) is 32.1 Å². The Morgan fingerprint density at radius 3 is 2.19 bits per heavy atom. The third-order valence-electron chi connectivity index (χ3n) is 5.96. The van der Waals surface area contributed by atoms with Crippen molar-refractivity contribution in [2.75, 3.05) is 32.4 Å². The molecule has 0 aliphatic carbocycles. The lowest BCUT2D eigenvalue weighted by molar-refractivity contribution is 0.0300. The predicted octanol–water partition coefficient (Wildman–Crippen LogP) is 2.74. The first-order valence-corrected chi connectivity index (χ1v) is 13.4. The summed E-state index contributed by atoms with van der Waals surface area (Å²) in [5.74, 6) is 0.615. The third kappa shape index (κ3) is 8.04. The van der Waals surface area contributed by atoms with Gasteiger partial charge in [0.1, 0.15) is 6.10 Å². The molecule has 0 saturated carbocycles. The second kappa shape index (κ2) is 12.0. The average molecular weight is 473 g/mol. The first-order chi connectivity index (χ1) is 15.0. The summed E-state index contributed by atoms with van der Waals surface area (Å²) >= 11 is 0. The van der Waals surface area contributed by atoms with E-state index in [1.165, 1.54) is 10.6 Å². The Kier molecular flexibility index (Phi) is 9.97. The molecule has 0 aromatic carbocycles. The van der Waals surface area contributed by atoms with E-state index in [9.17, 15) is 13.2 Å². The number of hydrogen-bond donors (Lipinski definition) is 1. The van der Waals surface area contributed by atoms with E-state index >= 15 is 0 Å². The molecule has 2 aliphatic rings. The third-order valence-corrected chi connectivity index (χ3v) is 7.26. The summed E-state index contributed by atoms with van der Waals surface area (Å²) in [7, 11) is -3.12. The van der Waals surface area contributed by atoms with Crippen LogP contribution >= 0.6 is 0 Å². The molecular weight excluding hydrogens is 432 g/mol. The predicted molar refractivity (Wildman–Crippen MR) is 126 cm³/mol. The summed E-state index contributed by atoms with van der Waals surface area (Å²) in [6, 6.07) is 0.296. The quantitative estimate of drug-likeness (QED) is 0.431. The van der Waals surface area contributed by atoms with Crippen molar-refractivity contribution in [2.24, 2.45) is 4.99 Å². The molecule has 9 nitrogen and oxygen atoms in total. The van der Waals surface area contributed by atoms with E-state index < -0.39 is 10.0 Å². The van der Waals surface area contributed by atoms with Gasteiger partial charge >= 0.3 is 6.09 Å². The smallest absolute Gasteiger partial charge is 0.410 e. The van der Waals surface area contributed by atoms with Crippen molar-refractivity contribution in [2.45, 2.75) is 84.6 Å². The summed E-state index contributed by atoms with van der Waals surface area (Å²) < 4.78 is 36.5. The summed E-state index contributed by atoms with van der Waals surface area (Å²) in [6.45, 7) is 11.9. The number of aliphatic imine (C=N–C) groups is 1. The fourth-order valence-electron chi connectivity index (χ4n) is 3.95. The highest BCUT2D eigenvalue weighted by molar-refractivity contribution is 7.88. The van der Waals surface area contributed by atoms with Gasteiger partial charge in [0, 0.05) is 62.9 Å². The van der Waals surface area contributed by atoms with Gasteiger partial charge in [-0.15, -0.1) is 0 Å². The van der Waals surface area contributed by atoms with Crippen LogP contribution in [0.4, 0.5) is 4.79 Å². The lowest BCUT2D eigenvalue weighted by Gasteiger charge is -2.34. The molecule has 2 saturated heterocycles. The molecule has 2 heterocycles. The van der Waals surface area contributed by atoms with E-state index in [-0.39, 0.29) is 30.4 Å². The van der Waals surface area contributed by atoms with Crippen molar-refractivity contribution in [3.8, 4) is 0 Å². The van der Waals surface area contributed by atoms with Gasteiger partial charge in [-0.05, 0) is 47.5 Å². The van der Waals surface area contributed by atoms with Gasteiger partial charge in [-0.1, -0.05) is 0 Å². The number of rotatable bonds is 8. The van der Waals surface area contributed by atoms with Crippen LogP contribution in [0.2, 0.25) is 0 Å². The van der Waals surface area contributed by atoms with E-state index in [2.05, 4.69) is 17.2 Å². The van der Waals surface area contributed by atoms with E-state index in [1.807, 2.05) is 27.7 Å². The van der Waals surface area contributed by atoms with Gasteiger partial charge < -0.3 is 19.7 Å². The summed E-state index contributed by atoms with van der Waals surface area (Å²) in [4.78, 5) is 18.3. The van der Waals surface area contributed by atoms with Crippen LogP contribution in [0, 0.1) is 0 Å². The van der Waals surface area contributed by atoms with Crippen molar-refractivity contribution in [1.82, 2.24) is 14.5 Å². The van der Waals surface area contributed by atoms with Crippen LogP contribution in [-0.4, -0.2) is 86.7 Å². The number of piperidine rings is 2. The van der Waals surface area contributed by atoms with Crippen LogP contribution in [0.5, 0.6) is 0 Å². The second-order valence-corrected chi connectivity index (χ2v) is 10.9. The molecule has 1 unspecified atom stereocenters. The number of sulfonamides is 1. The number of nitrogens with zero attached hydrogens (tertiary/aromatic N) is 3. The lowest BCUT2D eigenvalue weighted by Crippen LogP contribution is -2.47. The molecular formula is C22H40N4O5S. The molecule has 1 atom stereocenters. The molecule has 0 spiro atoms. The molecule has 0 aromatic rings. The zero-order chi connectivity index (χ0) is 23.9. The van der Waals surface area contributed by atoms with Crippen LogP contribution in [0.1, 0.15) is 60.3 Å². The molecule has 1 N–H and O–H groups in total. The Morgan fingerprint density at radius 2 is 1.69 bits per heavy atom. The SMILES string of the molecule is C/C=N\C(OC1CCN(C(=O)OC(C)C)CC1)=C(\C)C(C)NC1CCN(S(C)(=O)=O)CC1. The maximum absolute atomic E-state index is 12.1. The van der Waals surface area contributed by atoms with Gasteiger partial charge in [0.2, 0.25) is 15.9 Å². The standard InChI is InChI=1S/C22H40N4O5S/c1-7-23-21(31-20-10-12-25(13-11-20)22(27)30-16(2)3)17(4)18(5)24-19-8-14-26(15-9-19)32(6,28)29/h7,16,18-20,24H,8-15H2,1-6H3/b21-17+,23-7-. The molecule has 2 rings (SSSR count). The highest BCUT2D eigenvalue weighted by Crippen LogP contribution is 2.22. The molecule has 1 amide bonds. The Balaban J connectivity index is 1.91. The van der Waals surface area contributed by atoms with Crippen LogP contribution in [0.3, 0.4) is 0 Å². The molecule has 32 heavy (non-hydrogen) atoms. The first kappa shape index (κ1) is 26.6. The molecule has 0 bridgehead atoms. The zero-order valence-electron chi connectivity index (χ0n) is 20.3. The van der Waals surface area contributed by atoms with E-state index in [4.69, 9.17) is 9.47 Å². The van der Waals surface area contributed by atoms with Crippen molar-refractivity contribution < 1.29 is 22.7 Å². The topological polar surface area (TPSA) is 101 Å². The van der Waals surface area contributed by atoms with Crippen molar-refractivity contribution in [1.29, 1.82) is 0 Å². The van der Waals surface area contributed by atoms with Crippen LogP contribution in [-0.2, 0) is 19.5 Å². The van der Waals surface area contributed by atoms with Crippen LogP contribution in [0.15, 0.2) is 16.4 Å². The monoisotopic (exact) mass is 472 g/mol. The summed E-state index contributed by atoms with van der Waals surface area (Å²) in [5, 5.41) is 3.60. The number of ether oxygens (including phenoxy) is 2. The largest absolute Gasteiger partial charge is 0.474 e. The van der Waals surface area contributed by atoms with E-state index in [1.54, 1.807) is 11.1 Å². The Hall–Kier alpha value is -1.65. The second-order valence-electron chi connectivity index (χ2n) is 8.94. The number of carbonyl (C=O) groups is 1. The van der Waals surface area contributed by atoms with Crippen LogP contribution < -0.4 is 5.32 Å². The van der Waals surface area contributed by atoms with Crippen molar-refractivity contribution in [3.05, 3.63) is 11.5 Å². The maximum atomic E-state index is 12.1. The minimum absolute atomic E-state index is 0.00282. The molecule has 10 heteroatoms. The molecule has 0 aromatic heterocycles. The Labute approximate surface area is 193 Å². The zero-order valence-corrected chi connectivity index (χ0v) is 21.2. The van der Waals surface area contributed by atoms with Gasteiger partial charge in [0.05, 0.1) is 12.4 Å². The van der Waals surface area contributed by atoms with Gasteiger partial charge in [0.25, 0.3) is 0 Å². The number of nitrogens with one attached hydrogen (secondary N) is 1. The first-order valence-electron chi connectivity index (χ1n) is 11.5. The Bertz CT molecular complexity index is 780. The van der Waals surface area contributed by atoms with Gasteiger partial charge in [-0.25, -0.2) is 22.5 Å².